The molecular formula is C17H10O3. The average molecular weight is 262 g/mol. The van der Waals surface area contributed by atoms with E-state index in [-0.39, 0.29) is 5.63 Å². The quantitative estimate of drug-likeness (QED) is 0.483. The van der Waals surface area contributed by atoms with Crippen LogP contribution in [0.2, 0.25) is 0 Å². The summed E-state index contributed by atoms with van der Waals surface area (Å²) in [4.78, 5) is 12.1. The van der Waals surface area contributed by atoms with E-state index < -0.39 is 0 Å². The number of hydrogen-bond acceptors (Lipinski definition) is 3. The van der Waals surface area contributed by atoms with Crippen molar-refractivity contribution in [3.05, 3.63) is 71.1 Å². The number of para-hydroxylation sites is 2. The summed E-state index contributed by atoms with van der Waals surface area (Å²) in [5.41, 5.74) is 1.40. The molecule has 2 aromatic carbocycles. The lowest BCUT2D eigenvalue weighted by Crippen LogP contribution is -2.01. The van der Waals surface area contributed by atoms with E-state index in [0.717, 1.165) is 16.4 Å². The number of fused-ring (bicyclic) bond motifs is 2. The summed E-state index contributed by atoms with van der Waals surface area (Å²) in [5, 5.41) is 1.85. The third-order valence-corrected chi connectivity index (χ3v) is 3.33. The highest BCUT2D eigenvalue weighted by atomic mass is 16.4. The van der Waals surface area contributed by atoms with Crippen molar-refractivity contribution in [1.82, 2.24) is 0 Å². The maximum Gasteiger partial charge on any atom is 0.347 e. The zero-order valence-electron chi connectivity index (χ0n) is 10.5. The van der Waals surface area contributed by atoms with Gasteiger partial charge in [0.15, 0.2) is 0 Å². The van der Waals surface area contributed by atoms with Gasteiger partial charge in [-0.3, -0.25) is 0 Å². The lowest BCUT2D eigenvalue weighted by molar-refractivity contribution is 0.556. The Balaban J connectivity index is 2.01. The molecule has 0 amide bonds. The van der Waals surface area contributed by atoms with E-state index in [4.69, 9.17) is 8.83 Å². The van der Waals surface area contributed by atoms with Gasteiger partial charge in [0, 0.05) is 10.8 Å². The largest absolute Gasteiger partial charge is 0.456 e. The molecule has 0 saturated carbocycles. The molecule has 20 heavy (non-hydrogen) atoms. The van der Waals surface area contributed by atoms with Crippen LogP contribution < -0.4 is 5.63 Å². The van der Waals surface area contributed by atoms with Crippen molar-refractivity contribution >= 4 is 21.9 Å². The topological polar surface area (TPSA) is 43.4 Å². The van der Waals surface area contributed by atoms with Crippen LogP contribution in [0.4, 0.5) is 0 Å². The van der Waals surface area contributed by atoms with Gasteiger partial charge in [0.25, 0.3) is 0 Å². The van der Waals surface area contributed by atoms with Gasteiger partial charge in [-0.2, -0.15) is 0 Å². The Labute approximate surface area is 114 Å². The Morgan fingerprint density at radius 1 is 0.700 bits per heavy atom. The smallest absolute Gasteiger partial charge is 0.347 e. The van der Waals surface area contributed by atoms with Crippen molar-refractivity contribution in [3.63, 3.8) is 0 Å². The maximum atomic E-state index is 12.1. The minimum absolute atomic E-state index is 0.386. The fraction of sp³-hybridized carbons (Fsp3) is 0. The average Bonchev–Trinajstić information content (AvgIpc) is 2.90. The SMILES string of the molecule is O=c1oc2ccccc2cc1-c1cc2ccccc2o1. The molecule has 0 unspecified atom stereocenters. The van der Waals surface area contributed by atoms with Gasteiger partial charge in [-0.15, -0.1) is 0 Å². The van der Waals surface area contributed by atoms with E-state index in [1.54, 1.807) is 12.1 Å². The van der Waals surface area contributed by atoms with Crippen molar-refractivity contribution in [3.8, 4) is 11.3 Å². The third-order valence-electron chi connectivity index (χ3n) is 3.33. The van der Waals surface area contributed by atoms with Crippen molar-refractivity contribution in [2.45, 2.75) is 0 Å². The molecule has 0 spiro atoms. The standard InChI is InChI=1S/C17H10O3/c18-17-13(9-11-5-1-4-8-15(11)20-17)16-10-12-6-2-3-7-14(12)19-16/h1-10H. The lowest BCUT2D eigenvalue weighted by Gasteiger charge is -1.98. The Kier molecular flexibility index (Phi) is 2.27. The monoisotopic (exact) mass is 262 g/mol. The van der Waals surface area contributed by atoms with Crippen LogP contribution in [-0.2, 0) is 0 Å². The van der Waals surface area contributed by atoms with E-state index in [9.17, 15) is 4.79 Å². The summed E-state index contributed by atoms with van der Waals surface area (Å²) in [5.74, 6) is 0.533. The van der Waals surface area contributed by atoms with Crippen molar-refractivity contribution in [2.75, 3.05) is 0 Å². The molecule has 96 valence electrons. The predicted molar refractivity (Wildman–Crippen MR) is 77.7 cm³/mol. The molecule has 3 nitrogen and oxygen atoms in total. The van der Waals surface area contributed by atoms with Gasteiger partial charge in [-0.05, 0) is 24.3 Å². The molecule has 0 N–H and O–H groups in total. The minimum Gasteiger partial charge on any atom is -0.456 e. The summed E-state index contributed by atoms with van der Waals surface area (Å²) in [6, 6.07) is 18.8. The molecule has 0 aliphatic rings. The van der Waals surface area contributed by atoms with E-state index in [1.165, 1.54) is 0 Å². The van der Waals surface area contributed by atoms with Crippen LogP contribution in [0.1, 0.15) is 0 Å². The predicted octanol–water partition coefficient (Wildman–Crippen LogP) is 4.21. The van der Waals surface area contributed by atoms with Crippen molar-refractivity contribution in [1.29, 1.82) is 0 Å². The summed E-state index contributed by atoms with van der Waals surface area (Å²) in [7, 11) is 0. The zero-order chi connectivity index (χ0) is 13.5. The van der Waals surface area contributed by atoms with E-state index in [2.05, 4.69) is 0 Å². The van der Waals surface area contributed by atoms with Crippen molar-refractivity contribution in [2.24, 2.45) is 0 Å². The second kappa shape index (κ2) is 4.10. The summed E-state index contributed by atoms with van der Waals surface area (Å²) >= 11 is 0. The number of rotatable bonds is 1. The molecule has 0 aliphatic heterocycles. The summed E-state index contributed by atoms with van der Waals surface area (Å²) in [6.07, 6.45) is 0. The van der Waals surface area contributed by atoms with Gasteiger partial charge in [-0.25, -0.2) is 4.79 Å². The summed E-state index contributed by atoms with van der Waals surface area (Å²) < 4.78 is 11.1. The highest BCUT2D eigenvalue weighted by Crippen LogP contribution is 2.27. The van der Waals surface area contributed by atoms with Crippen LogP contribution >= 0.6 is 0 Å². The molecule has 4 rings (SSSR count). The number of furan rings is 1. The van der Waals surface area contributed by atoms with Crippen LogP contribution in [0.3, 0.4) is 0 Å². The van der Waals surface area contributed by atoms with Gasteiger partial charge in [0.1, 0.15) is 22.5 Å². The van der Waals surface area contributed by atoms with Crippen LogP contribution in [0.5, 0.6) is 0 Å². The Hall–Kier alpha value is -2.81. The molecule has 0 bridgehead atoms. The first kappa shape index (κ1) is 11.1. The zero-order valence-corrected chi connectivity index (χ0v) is 10.5. The third kappa shape index (κ3) is 1.64. The second-order valence-electron chi connectivity index (χ2n) is 4.63. The normalized spacial score (nSPS) is 11.2. The van der Waals surface area contributed by atoms with Gasteiger partial charge >= 0.3 is 5.63 Å². The Morgan fingerprint density at radius 2 is 1.30 bits per heavy atom. The van der Waals surface area contributed by atoms with Gasteiger partial charge in [0.05, 0.1) is 0 Å². The molecule has 4 aromatic rings. The van der Waals surface area contributed by atoms with Gasteiger partial charge < -0.3 is 8.83 Å². The van der Waals surface area contributed by atoms with Gasteiger partial charge in [-0.1, -0.05) is 36.4 Å². The maximum absolute atomic E-state index is 12.1. The first-order chi connectivity index (χ1) is 9.81. The molecule has 2 heterocycles. The highest BCUT2D eigenvalue weighted by molar-refractivity contribution is 5.85. The fourth-order valence-corrected chi connectivity index (χ4v) is 2.35. The lowest BCUT2D eigenvalue weighted by atomic mass is 10.1. The fourth-order valence-electron chi connectivity index (χ4n) is 2.35. The molecule has 2 aromatic heterocycles. The van der Waals surface area contributed by atoms with Crippen LogP contribution in [-0.4, -0.2) is 0 Å². The van der Waals surface area contributed by atoms with E-state index in [1.807, 2.05) is 48.5 Å². The Bertz CT molecular complexity index is 943. The molecule has 0 atom stereocenters. The van der Waals surface area contributed by atoms with Gasteiger partial charge in [0.2, 0.25) is 0 Å². The Morgan fingerprint density at radius 3 is 2.00 bits per heavy atom. The summed E-state index contributed by atoms with van der Waals surface area (Å²) in [6.45, 7) is 0. The van der Waals surface area contributed by atoms with Crippen LogP contribution in [0.15, 0.2) is 74.3 Å². The molecular weight excluding hydrogens is 252 g/mol. The second-order valence-corrected chi connectivity index (χ2v) is 4.63. The van der Waals surface area contributed by atoms with E-state index in [0.29, 0.717) is 16.9 Å². The minimum atomic E-state index is -0.386. The molecule has 0 fully saturated rings. The number of hydrogen-bond donors (Lipinski definition) is 0. The van der Waals surface area contributed by atoms with Crippen LogP contribution in [0.25, 0.3) is 33.3 Å². The molecule has 0 aliphatic carbocycles. The molecule has 0 radical (unpaired) electrons. The number of benzene rings is 2. The molecule has 0 saturated heterocycles. The first-order valence-corrected chi connectivity index (χ1v) is 6.33. The van der Waals surface area contributed by atoms with Crippen LogP contribution in [0, 0.1) is 0 Å². The highest BCUT2D eigenvalue weighted by Gasteiger charge is 2.12. The first-order valence-electron chi connectivity index (χ1n) is 6.33. The molecule has 3 heteroatoms. The van der Waals surface area contributed by atoms with E-state index >= 15 is 0 Å². The van der Waals surface area contributed by atoms with Crippen molar-refractivity contribution < 1.29 is 8.83 Å².